The monoisotopic (exact) mass is 148 g/mol. The number of thiol groups is 1. The lowest BCUT2D eigenvalue weighted by Gasteiger charge is -1.82. The lowest BCUT2D eigenvalue weighted by atomic mass is 10.3. The number of hydrogen-bond acceptors (Lipinski definition) is 2. The average Bonchev–Trinajstić information content (AvgIpc) is 1.81. The van der Waals surface area contributed by atoms with Gasteiger partial charge in [0.25, 0.3) is 0 Å². The van der Waals surface area contributed by atoms with Crippen LogP contribution in [0.4, 0.5) is 0 Å². The molecule has 0 amide bonds. The molecule has 0 aromatic heterocycles. The van der Waals surface area contributed by atoms with Crippen molar-refractivity contribution in [3.8, 4) is 0 Å². The zero-order chi connectivity index (χ0) is 6.24. The van der Waals surface area contributed by atoms with Crippen molar-refractivity contribution in [2.45, 2.75) is 19.8 Å². The highest BCUT2D eigenvalue weighted by Gasteiger charge is 1.72. The molecule has 0 saturated carbocycles. The SMILES string of the molecule is CCC/C=C/CSS. The largest absolute Gasteiger partial charge is 0.111 e. The second-order valence-electron chi connectivity index (χ2n) is 1.56. The fraction of sp³-hybridized carbons (Fsp3) is 0.667. The topological polar surface area (TPSA) is 0 Å². The Hall–Kier alpha value is 0.440. The van der Waals surface area contributed by atoms with Crippen molar-refractivity contribution in [2.24, 2.45) is 0 Å². The van der Waals surface area contributed by atoms with Crippen LogP contribution >= 0.6 is 22.5 Å². The van der Waals surface area contributed by atoms with Crippen molar-refractivity contribution < 1.29 is 0 Å². The molecule has 0 saturated heterocycles. The van der Waals surface area contributed by atoms with Crippen LogP contribution in [0.2, 0.25) is 0 Å². The predicted molar refractivity (Wildman–Crippen MR) is 45.5 cm³/mol. The third-order valence-electron chi connectivity index (χ3n) is 0.793. The molecule has 0 bridgehead atoms. The van der Waals surface area contributed by atoms with Gasteiger partial charge in [0.15, 0.2) is 0 Å². The van der Waals surface area contributed by atoms with E-state index in [1.807, 2.05) is 0 Å². The first-order valence-corrected chi connectivity index (χ1v) is 4.87. The Morgan fingerprint density at radius 2 is 2.25 bits per heavy atom. The fourth-order valence-electron chi connectivity index (χ4n) is 0.396. The molecule has 48 valence electrons. The Labute approximate surface area is 60.6 Å². The van der Waals surface area contributed by atoms with Crippen LogP contribution in [-0.4, -0.2) is 5.75 Å². The standard InChI is InChI=1S/C6H12S2/c1-2-3-4-5-6-8-7/h4-5,7H,2-3,6H2,1H3/b5-4+. The van der Waals surface area contributed by atoms with E-state index in [9.17, 15) is 0 Å². The highest BCUT2D eigenvalue weighted by molar-refractivity contribution is 8.68. The van der Waals surface area contributed by atoms with E-state index >= 15 is 0 Å². The molecule has 0 radical (unpaired) electrons. The highest BCUT2D eigenvalue weighted by Crippen LogP contribution is 2.04. The molecular weight excluding hydrogens is 136 g/mol. The van der Waals surface area contributed by atoms with E-state index in [0.29, 0.717) is 0 Å². The summed E-state index contributed by atoms with van der Waals surface area (Å²) in [5.41, 5.74) is 0. The predicted octanol–water partition coefficient (Wildman–Crippen LogP) is 2.92. The van der Waals surface area contributed by atoms with Gasteiger partial charge in [-0.05, 0) is 6.42 Å². The van der Waals surface area contributed by atoms with Gasteiger partial charge in [0.05, 0.1) is 0 Å². The lowest BCUT2D eigenvalue weighted by molar-refractivity contribution is 0.957. The van der Waals surface area contributed by atoms with Crippen molar-refractivity contribution in [3.05, 3.63) is 12.2 Å². The molecule has 0 rings (SSSR count). The number of hydrogen-bond donors (Lipinski definition) is 1. The maximum absolute atomic E-state index is 3.99. The first-order chi connectivity index (χ1) is 3.91. The summed E-state index contributed by atoms with van der Waals surface area (Å²) in [5.74, 6) is 1.03. The van der Waals surface area contributed by atoms with Crippen LogP contribution in [0.5, 0.6) is 0 Å². The van der Waals surface area contributed by atoms with E-state index < -0.39 is 0 Å². The average molecular weight is 148 g/mol. The summed E-state index contributed by atoms with van der Waals surface area (Å²) >= 11 is 3.99. The van der Waals surface area contributed by atoms with E-state index in [4.69, 9.17) is 0 Å². The Morgan fingerprint density at radius 3 is 2.75 bits per heavy atom. The first kappa shape index (κ1) is 8.44. The molecule has 0 nitrogen and oxygen atoms in total. The molecule has 8 heavy (non-hydrogen) atoms. The van der Waals surface area contributed by atoms with Gasteiger partial charge in [-0.15, -0.1) is 11.7 Å². The summed E-state index contributed by atoms with van der Waals surface area (Å²) < 4.78 is 0. The van der Waals surface area contributed by atoms with Crippen molar-refractivity contribution in [2.75, 3.05) is 5.75 Å². The molecule has 0 aromatic carbocycles. The summed E-state index contributed by atoms with van der Waals surface area (Å²) in [4.78, 5) is 0. The van der Waals surface area contributed by atoms with Gasteiger partial charge in [0, 0.05) is 5.75 Å². The molecule has 0 fully saturated rings. The van der Waals surface area contributed by atoms with Crippen molar-refractivity contribution in [1.29, 1.82) is 0 Å². The Morgan fingerprint density at radius 1 is 1.50 bits per heavy atom. The second kappa shape index (κ2) is 7.44. The third kappa shape index (κ3) is 6.44. The minimum Gasteiger partial charge on any atom is -0.111 e. The molecule has 0 heterocycles. The fourth-order valence-corrected chi connectivity index (χ4v) is 0.876. The van der Waals surface area contributed by atoms with Crippen LogP contribution in [-0.2, 0) is 0 Å². The van der Waals surface area contributed by atoms with Crippen LogP contribution in [0, 0.1) is 0 Å². The summed E-state index contributed by atoms with van der Waals surface area (Å²) in [7, 11) is 1.56. The van der Waals surface area contributed by atoms with Gasteiger partial charge in [-0.25, -0.2) is 0 Å². The minimum atomic E-state index is 1.03. The van der Waals surface area contributed by atoms with Gasteiger partial charge < -0.3 is 0 Å². The van der Waals surface area contributed by atoms with Gasteiger partial charge in [-0.1, -0.05) is 36.3 Å². The van der Waals surface area contributed by atoms with Gasteiger partial charge in [0.1, 0.15) is 0 Å². The summed E-state index contributed by atoms with van der Waals surface area (Å²) in [5, 5.41) is 0. The van der Waals surface area contributed by atoms with Crippen LogP contribution in [0.25, 0.3) is 0 Å². The van der Waals surface area contributed by atoms with Crippen LogP contribution < -0.4 is 0 Å². The Balaban J connectivity index is 2.83. The Kier molecular flexibility index (Phi) is 7.85. The van der Waals surface area contributed by atoms with Gasteiger partial charge in [-0.3, -0.25) is 0 Å². The number of unbranched alkanes of at least 4 members (excludes halogenated alkanes) is 1. The first-order valence-electron chi connectivity index (χ1n) is 2.83. The van der Waals surface area contributed by atoms with E-state index in [1.165, 1.54) is 12.8 Å². The number of rotatable bonds is 4. The zero-order valence-corrected chi connectivity index (χ0v) is 6.84. The van der Waals surface area contributed by atoms with E-state index in [2.05, 4.69) is 30.7 Å². The van der Waals surface area contributed by atoms with Crippen molar-refractivity contribution in [3.63, 3.8) is 0 Å². The zero-order valence-electron chi connectivity index (χ0n) is 5.13. The summed E-state index contributed by atoms with van der Waals surface area (Å²) in [6.07, 6.45) is 6.80. The second-order valence-corrected chi connectivity index (χ2v) is 2.92. The van der Waals surface area contributed by atoms with E-state index in [-0.39, 0.29) is 0 Å². The smallest absolute Gasteiger partial charge is 0.0215 e. The lowest BCUT2D eigenvalue weighted by Crippen LogP contribution is -1.64. The van der Waals surface area contributed by atoms with Crippen LogP contribution in [0.15, 0.2) is 12.2 Å². The maximum Gasteiger partial charge on any atom is 0.0215 e. The summed E-state index contributed by atoms with van der Waals surface area (Å²) in [6, 6.07) is 0. The van der Waals surface area contributed by atoms with Gasteiger partial charge in [-0.2, -0.15) is 0 Å². The van der Waals surface area contributed by atoms with Crippen LogP contribution in [0.3, 0.4) is 0 Å². The molecule has 0 spiro atoms. The third-order valence-corrected chi connectivity index (χ3v) is 1.58. The molecular formula is C6H12S2. The molecule has 0 N–H and O–H groups in total. The maximum atomic E-state index is 3.99. The molecule has 0 atom stereocenters. The van der Waals surface area contributed by atoms with Crippen LogP contribution in [0.1, 0.15) is 19.8 Å². The summed E-state index contributed by atoms with van der Waals surface area (Å²) in [6.45, 7) is 2.18. The molecule has 0 aromatic rings. The number of allylic oxidation sites excluding steroid dienone is 1. The quantitative estimate of drug-likeness (QED) is 0.363. The van der Waals surface area contributed by atoms with Crippen molar-refractivity contribution in [1.82, 2.24) is 0 Å². The molecule has 2 heteroatoms. The van der Waals surface area contributed by atoms with Gasteiger partial charge >= 0.3 is 0 Å². The van der Waals surface area contributed by atoms with Gasteiger partial charge in [0.2, 0.25) is 0 Å². The van der Waals surface area contributed by atoms with E-state index in [0.717, 1.165) is 5.75 Å². The highest BCUT2D eigenvalue weighted by atomic mass is 33.1. The Bertz CT molecular complexity index is 51.5. The molecule has 0 aliphatic rings. The normalized spacial score (nSPS) is 10.8. The molecule has 0 aliphatic heterocycles. The van der Waals surface area contributed by atoms with Crippen molar-refractivity contribution >= 4 is 22.5 Å². The molecule has 0 aliphatic carbocycles. The van der Waals surface area contributed by atoms with E-state index in [1.54, 1.807) is 10.8 Å². The molecule has 0 unspecified atom stereocenters. The minimum absolute atomic E-state index is 1.03.